The van der Waals surface area contributed by atoms with E-state index >= 15 is 0 Å². The first-order valence-electron chi connectivity index (χ1n) is 6.58. The zero-order valence-electron chi connectivity index (χ0n) is 10.9. The third-order valence-electron chi connectivity index (χ3n) is 3.80. The van der Waals surface area contributed by atoms with Gasteiger partial charge in [0.15, 0.2) is 0 Å². The van der Waals surface area contributed by atoms with Crippen LogP contribution in [0.4, 0.5) is 0 Å². The molecule has 1 aliphatic carbocycles. The molecular formula is C14H21N3O. The molecule has 4 heteroatoms. The summed E-state index contributed by atoms with van der Waals surface area (Å²) >= 11 is 0. The molecule has 0 saturated heterocycles. The minimum atomic E-state index is -0.224. The van der Waals surface area contributed by atoms with Crippen LogP contribution in [-0.4, -0.2) is 23.0 Å². The lowest BCUT2D eigenvalue weighted by Gasteiger charge is -2.40. The fraction of sp³-hybridized carbons (Fsp3) is 0.571. The fourth-order valence-corrected chi connectivity index (χ4v) is 2.83. The Morgan fingerprint density at radius 3 is 2.89 bits per heavy atom. The van der Waals surface area contributed by atoms with Gasteiger partial charge in [-0.1, -0.05) is 19.8 Å². The topological polar surface area (TPSA) is 68.0 Å². The largest absolute Gasteiger partial charge is 0.345 e. The van der Waals surface area contributed by atoms with Crippen molar-refractivity contribution >= 4 is 5.91 Å². The molecule has 0 bridgehead atoms. The summed E-state index contributed by atoms with van der Waals surface area (Å²) in [7, 11) is 0. The average Bonchev–Trinajstić information content (AvgIpc) is 2.39. The van der Waals surface area contributed by atoms with Gasteiger partial charge < -0.3 is 11.1 Å². The summed E-state index contributed by atoms with van der Waals surface area (Å²) in [5.74, 6) is 0.581. The van der Waals surface area contributed by atoms with Crippen LogP contribution in [0.5, 0.6) is 0 Å². The normalized spacial score (nSPS) is 27.8. The zero-order valence-corrected chi connectivity index (χ0v) is 10.9. The minimum Gasteiger partial charge on any atom is -0.345 e. The number of pyridine rings is 1. The maximum Gasteiger partial charge on any atom is 0.251 e. The van der Waals surface area contributed by atoms with Crippen LogP contribution in [0.25, 0.3) is 0 Å². The molecule has 3 N–H and O–H groups in total. The van der Waals surface area contributed by atoms with E-state index < -0.39 is 0 Å². The van der Waals surface area contributed by atoms with Crippen molar-refractivity contribution in [1.29, 1.82) is 0 Å². The lowest BCUT2D eigenvalue weighted by Crippen LogP contribution is -2.56. The van der Waals surface area contributed by atoms with E-state index in [1.165, 1.54) is 6.42 Å². The highest BCUT2D eigenvalue weighted by Gasteiger charge is 2.35. The fourth-order valence-electron chi connectivity index (χ4n) is 2.83. The van der Waals surface area contributed by atoms with E-state index in [-0.39, 0.29) is 11.4 Å². The van der Waals surface area contributed by atoms with Crippen molar-refractivity contribution < 1.29 is 4.79 Å². The Morgan fingerprint density at radius 2 is 2.28 bits per heavy atom. The molecule has 1 aromatic heterocycles. The number of hydrogen-bond donors (Lipinski definition) is 2. The Kier molecular flexibility index (Phi) is 3.97. The van der Waals surface area contributed by atoms with Crippen molar-refractivity contribution in [2.75, 3.05) is 6.54 Å². The van der Waals surface area contributed by atoms with Gasteiger partial charge in [-0.15, -0.1) is 0 Å². The molecule has 0 spiro atoms. The van der Waals surface area contributed by atoms with Crippen molar-refractivity contribution in [3.63, 3.8) is 0 Å². The van der Waals surface area contributed by atoms with Gasteiger partial charge in [-0.3, -0.25) is 9.78 Å². The number of nitrogens with two attached hydrogens (primary N) is 1. The summed E-state index contributed by atoms with van der Waals surface area (Å²) in [5.41, 5.74) is 6.32. The molecular weight excluding hydrogens is 226 g/mol. The van der Waals surface area contributed by atoms with E-state index in [1.807, 2.05) is 0 Å². The molecule has 98 valence electrons. The summed E-state index contributed by atoms with van der Waals surface area (Å²) in [5, 5.41) is 3.14. The van der Waals surface area contributed by atoms with Crippen LogP contribution < -0.4 is 11.1 Å². The highest BCUT2D eigenvalue weighted by atomic mass is 16.1. The molecule has 4 nitrogen and oxygen atoms in total. The molecule has 1 saturated carbocycles. The standard InChI is InChI=1S/C14H21N3O/c1-11-3-2-6-14(9-11,10-15)17-13(18)12-4-7-16-8-5-12/h4-5,7-8,11H,2-3,6,9-10,15H2,1H3,(H,17,18). The second-order valence-electron chi connectivity index (χ2n) is 5.38. The number of amides is 1. The lowest BCUT2D eigenvalue weighted by atomic mass is 9.76. The maximum atomic E-state index is 12.2. The predicted molar refractivity (Wildman–Crippen MR) is 71.1 cm³/mol. The number of nitrogens with one attached hydrogen (secondary N) is 1. The summed E-state index contributed by atoms with van der Waals surface area (Å²) in [6.45, 7) is 2.73. The van der Waals surface area contributed by atoms with Gasteiger partial charge in [-0.25, -0.2) is 0 Å². The van der Waals surface area contributed by atoms with Crippen LogP contribution in [0, 0.1) is 5.92 Å². The molecule has 0 aliphatic heterocycles. The Bertz CT molecular complexity index is 407. The first kappa shape index (κ1) is 13.0. The Balaban J connectivity index is 2.08. The van der Waals surface area contributed by atoms with Gasteiger partial charge in [0.25, 0.3) is 5.91 Å². The van der Waals surface area contributed by atoms with Gasteiger partial charge in [0, 0.05) is 24.5 Å². The van der Waals surface area contributed by atoms with Crippen molar-refractivity contribution in [2.24, 2.45) is 11.7 Å². The number of carbonyl (C=O) groups excluding carboxylic acids is 1. The monoisotopic (exact) mass is 247 g/mol. The molecule has 1 aliphatic rings. The second kappa shape index (κ2) is 5.48. The van der Waals surface area contributed by atoms with Crippen molar-refractivity contribution in [3.05, 3.63) is 30.1 Å². The van der Waals surface area contributed by atoms with Gasteiger partial charge in [-0.2, -0.15) is 0 Å². The number of hydrogen-bond acceptors (Lipinski definition) is 3. The molecule has 2 rings (SSSR count). The first-order valence-corrected chi connectivity index (χ1v) is 6.58. The molecule has 0 aromatic carbocycles. The smallest absolute Gasteiger partial charge is 0.251 e. The highest BCUT2D eigenvalue weighted by molar-refractivity contribution is 5.94. The van der Waals surface area contributed by atoms with Crippen molar-refractivity contribution in [1.82, 2.24) is 10.3 Å². The molecule has 18 heavy (non-hydrogen) atoms. The van der Waals surface area contributed by atoms with Crippen LogP contribution in [0.2, 0.25) is 0 Å². The Hall–Kier alpha value is -1.42. The van der Waals surface area contributed by atoms with Crippen LogP contribution in [0.15, 0.2) is 24.5 Å². The van der Waals surface area contributed by atoms with E-state index in [2.05, 4.69) is 17.2 Å². The number of aromatic nitrogens is 1. The van der Waals surface area contributed by atoms with Gasteiger partial charge >= 0.3 is 0 Å². The van der Waals surface area contributed by atoms with E-state index in [0.29, 0.717) is 18.0 Å². The zero-order chi connectivity index (χ0) is 13.0. The Morgan fingerprint density at radius 1 is 1.56 bits per heavy atom. The third kappa shape index (κ3) is 2.88. The maximum absolute atomic E-state index is 12.2. The summed E-state index contributed by atoms with van der Waals surface area (Å²) in [4.78, 5) is 16.1. The Labute approximate surface area is 108 Å². The molecule has 2 unspecified atom stereocenters. The van der Waals surface area contributed by atoms with Gasteiger partial charge in [-0.05, 0) is 30.9 Å². The van der Waals surface area contributed by atoms with Gasteiger partial charge in [0.05, 0.1) is 5.54 Å². The second-order valence-corrected chi connectivity index (χ2v) is 5.38. The molecule has 0 radical (unpaired) electrons. The van der Waals surface area contributed by atoms with E-state index in [1.54, 1.807) is 24.5 Å². The van der Waals surface area contributed by atoms with Crippen LogP contribution >= 0.6 is 0 Å². The van der Waals surface area contributed by atoms with Crippen molar-refractivity contribution in [2.45, 2.75) is 38.1 Å². The minimum absolute atomic E-state index is 0.0445. The lowest BCUT2D eigenvalue weighted by molar-refractivity contribution is 0.0854. The molecule has 1 fully saturated rings. The number of rotatable bonds is 3. The number of nitrogens with zero attached hydrogens (tertiary/aromatic N) is 1. The van der Waals surface area contributed by atoms with Crippen LogP contribution in [0.1, 0.15) is 43.0 Å². The summed E-state index contributed by atoms with van der Waals surface area (Å²) in [6.07, 6.45) is 7.58. The summed E-state index contributed by atoms with van der Waals surface area (Å²) < 4.78 is 0. The molecule has 2 atom stereocenters. The van der Waals surface area contributed by atoms with E-state index in [0.717, 1.165) is 19.3 Å². The quantitative estimate of drug-likeness (QED) is 0.854. The summed E-state index contributed by atoms with van der Waals surface area (Å²) in [6, 6.07) is 3.46. The van der Waals surface area contributed by atoms with Gasteiger partial charge in [0.2, 0.25) is 0 Å². The van der Waals surface area contributed by atoms with Crippen molar-refractivity contribution in [3.8, 4) is 0 Å². The van der Waals surface area contributed by atoms with Crippen LogP contribution in [0.3, 0.4) is 0 Å². The van der Waals surface area contributed by atoms with Crippen LogP contribution in [-0.2, 0) is 0 Å². The van der Waals surface area contributed by atoms with E-state index in [9.17, 15) is 4.79 Å². The molecule has 1 heterocycles. The SMILES string of the molecule is CC1CCCC(CN)(NC(=O)c2ccncc2)C1. The van der Waals surface area contributed by atoms with Gasteiger partial charge in [0.1, 0.15) is 0 Å². The van der Waals surface area contributed by atoms with E-state index in [4.69, 9.17) is 5.73 Å². The third-order valence-corrected chi connectivity index (χ3v) is 3.80. The average molecular weight is 247 g/mol. The predicted octanol–water partition coefficient (Wildman–Crippen LogP) is 1.72. The number of carbonyl (C=O) groups is 1. The molecule has 1 amide bonds. The highest BCUT2D eigenvalue weighted by Crippen LogP contribution is 2.31. The first-order chi connectivity index (χ1) is 8.65. The molecule has 1 aromatic rings.